The molecule has 0 aliphatic rings. The van der Waals surface area contributed by atoms with E-state index in [1.807, 2.05) is 0 Å². The molecule has 0 saturated carbocycles. The molecule has 4 nitrogen and oxygen atoms in total. The summed E-state index contributed by atoms with van der Waals surface area (Å²) in [6, 6.07) is 0. The number of hydrogen-bond donors (Lipinski definition) is 4. The minimum atomic E-state index is -0.996. The Morgan fingerprint density at radius 3 is 1.58 bits per heavy atom. The second-order valence-electron chi connectivity index (χ2n) is 3.26. The fraction of sp³-hybridized carbons (Fsp3) is 1.00. The van der Waals surface area contributed by atoms with Crippen LogP contribution in [-0.4, -0.2) is 45.8 Å². The molecule has 2 unspecified atom stereocenters. The lowest BCUT2D eigenvalue weighted by Crippen LogP contribution is -2.46. The summed E-state index contributed by atoms with van der Waals surface area (Å²) in [6.45, 7) is 2.62. The maximum Gasteiger partial charge on any atom is 0.0849 e. The van der Waals surface area contributed by atoms with Crippen LogP contribution in [0.3, 0.4) is 0 Å². The fourth-order valence-electron chi connectivity index (χ4n) is 1.11. The van der Waals surface area contributed by atoms with Crippen LogP contribution in [0.25, 0.3) is 0 Å². The van der Waals surface area contributed by atoms with Crippen LogP contribution in [0.15, 0.2) is 0 Å². The monoisotopic (exact) mass is 178 g/mol. The SMILES string of the molecule is CCC(C)(C(O)CO)C(O)CO. The van der Waals surface area contributed by atoms with Crippen molar-refractivity contribution >= 4 is 0 Å². The van der Waals surface area contributed by atoms with Crippen LogP contribution in [0.5, 0.6) is 0 Å². The molecule has 2 atom stereocenters. The van der Waals surface area contributed by atoms with E-state index in [0.717, 1.165) is 0 Å². The summed E-state index contributed by atoms with van der Waals surface area (Å²) in [4.78, 5) is 0. The normalized spacial score (nSPS) is 21.5. The van der Waals surface area contributed by atoms with E-state index in [-0.39, 0.29) is 0 Å². The number of hydrogen-bond acceptors (Lipinski definition) is 4. The van der Waals surface area contributed by atoms with E-state index in [2.05, 4.69) is 0 Å². The second kappa shape index (κ2) is 4.77. The Bertz CT molecular complexity index is 116. The summed E-state index contributed by atoms with van der Waals surface area (Å²) in [5.74, 6) is 0. The molecule has 0 saturated heterocycles. The number of aliphatic hydroxyl groups is 4. The summed E-state index contributed by atoms with van der Waals surface area (Å²) in [5.41, 5.74) is -0.830. The predicted octanol–water partition coefficient (Wildman–Crippen LogP) is -0.891. The first kappa shape index (κ1) is 11.8. The standard InChI is InChI=1S/C8H18O4/c1-3-8(2,6(11)4-9)7(12)5-10/h6-7,9-12H,3-5H2,1-2H3. The molecule has 0 fully saturated rings. The maximum absolute atomic E-state index is 9.36. The lowest BCUT2D eigenvalue weighted by molar-refractivity contribution is -0.0974. The zero-order valence-electron chi connectivity index (χ0n) is 7.56. The van der Waals surface area contributed by atoms with Gasteiger partial charge in [0.05, 0.1) is 25.4 Å². The molecular formula is C8H18O4. The highest BCUT2D eigenvalue weighted by molar-refractivity contribution is 4.87. The van der Waals surface area contributed by atoms with E-state index in [0.29, 0.717) is 6.42 Å². The molecule has 0 rings (SSSR count). The second-order valence-corrected chi connectivity index (χ2v) is 3.26. The average Bonchev–Trinajstić information content (AvgIpc) is 2.13. The van der Waals surface area contributed by atoms with Gasteiger partial charge in [-0.2, -0.15) is 0 Å². The molecule has 12 heavy (non-hydrogen) atoms. The Morgan fingerprint density at radius 2 is 1.42 bits per heavy atom. The molecular weight excluding hydrogens is 160 g/mol. The summed E-state index contributed by atoms with van der Waals surface area (Å²) in [5, 5.41) is 36.1. The Balaban J connectivity index is 4.42. The van der Waals surface area contributed by atoms with Crippen LogP contribution in [0.2, 0.25) is 0 Å². The van der Waals surface area contributed by atoms with Crippen LogP contribution in [-0.2, 0) is 0 Å². The van der Waals surface area contributed by atoms with Crippen LogP contribution in [0.4, 0.5) is 0 Å². The van der Waals surface area contributed by atoms with Crippen LogP contribution >= 0.6 is 0 Å². The van der Waals surface area contributed by atoms with E-state index < -0.39 is 30.8 Å². The summed E-state index contributed by atoms with van der Waals surface area (Å²) in [7, 11) is 0. The van der Waals surface area contributed by atoms with Crippen molar-refractivity contribution in [3.8, 4) is 0 Å². The lowest BCUT2D eigenvalue weighted by atomic mass is 9.77. The Morgan fingerprint density at radius 1 is 1.08 bits per heavy atom. The van der Waals surface area contributed by atoms with Crippen molar-refractivity contribution in [1.82, 2.24) is 0 Å². The van der Waals surface area contributed by atoms with E-state index >= 15 is 0 Å². The molecule has 0 bridgehead atoms. The predicted molar refractivity (Wildman–Crippen MR) is 44.6 cm³/mol. The largest absolute Gasteiger partial charge is 0.394 e. The van der Waals surface area contributed by atoms with Gasteiger partial charge in [0.15, 0.2) is 0 Å². The molecule has 74 valence electrons. The number of rotatable bonds is 5. The molecule has 4 heteroatoms. The smallest absolute Gasteiger partial charge is 0.0849 e. The molecule has 0 heterocycles. The van der Waals surface area contributed by atoms with Gasteiger partial charge in [0, 0.05) is 5.41 Å². The minimum absolute atomic E-state index is 0.401. The van der Waals surface area contributed by atoms with Crippen LogP contribution in [0, 0.1) is 5.41 Å². The molecule has 0 aliphatic carbocycles. The molecule has 0 aromatic rings. The molecule has 0 aromatic heterocycles. The van der Waals surface area contributed by atoms with Gasteiger partial charge in [-0.3, -0.25) is 0 Å². The van der Waals surface area contributed by atoms with Crippen LogP contribution < -0.4 is 0 Å². The third kappa shape index (κ3) is 2.17. The zero-order chi connectivity index (χ0) is 9.78. The van der Waals surface area contributed by atoms with Gasteiger partial charge in [0.2, 0.25) is 0 Å². The summed E-state index contributed by atoms with van der Waals surface area (Å²) < 4.78 is 0. The highest BCUT2D eigenvalue weighted by atomic mass is 16.3. The molecule has 0 radical (unpaired) electrons. The average molecular weight is 178 g/mol. The van der Waals surface area contributed by atoms with Crippen LogP contribution in [0.1, 0.15) is 20.3 Å². The van der Waals surface area contributed by atoms with E-state index in [9.17, 15) is 10.2 Å². The first-order chi connectivity index (χ1) is 5.52. The van der Waals surface area contributed by atoms with Crippen molar-refractivity contribution in [2.45, 2.75) is 32.5 Å². The molecule has 0 spiro atoms. The highest BCUT2D eigenvalue weighted by Crippen LogP contribution is 2.29. The summed E-state index contributed by atoms with van der Waals surface area (Å²) >= 11 is 0. The van der Waals surface area contributed by atoms with E-state index in [1.165, 1.54) is 0 Å². The molecule has 4 N–H and O–H groups in total. The summed E-state index contributed by atoms with van der Waals surface area (Å²) in [6.07, 6.45) is -1.49. The van der Waals surface area contributed by atoms with Crippen molar-refractivity contribution < 1.29 is 20.4 Å². The van der Waals surface area contributed by atoms with Crippen molar-refractivity contribution in [2.24, 2.45) is 5.41 Å². The quantitative estimate of drug-likeness (QED) is 0.440. The Hall–Kier alpha value is -0.160. The first-order valence-corrected chi connectivity index (χ1v) is 4.10. The van der Waals surface area contributed by atoms with Gasteiger partial charge in [0.1, 0.15) is 0 Å². The fourth-order valence-corrected chi connectivity index (χ4v) is 1.11. The Kier molecular flexibility index (Phi) is 4.70. The lowest BCUT2D eigenvalue weighted by Gasteiger charge is -2.36. The molecule has 0 aliphatic heterocycles. The van der Waals surface area contributed by atoms with Crippen molar-refractivity contribution in [2.75, 3.05) is 13.2 Å². The van der Waals surface area contributed by atoms with Gasteiger partial charge in [0.25, 0.3) is 0 Å². The van der Waals surface area contributed by atoms with E-state index in [1.54, 1.807) is 13.8 Å². The van der Waals surface area contributed by atoms with Gasteiger partial charge in [-0.1, -0.05) is 13.8 Å². The van der Waals surface area contributed by atoms with Gasteiger partial charge < -0.3 is 20.4 Å². The van der Waals surface area contributed by atoms with Gasteiger partial charge in [-0.25, -0.2) is 0 Å². The molecule has 0 aromatic carbocycles. The third-order valence-electron chi connectivity index (χ3n) is 2.63. The van der Waals surface area contributed by atoms with E-state index in [4.69, 9.17) is 10.2 Å². The van der Waals surface area contributed by atoms with Crippen molar-refractivity contribution in [1.29, 1.82) is 0 Å². The van der Waals surface area contributed by atoms with Gasteiger partial charge in [-0.05, 0) is 6.42 Å². The third-order valence-corrected chi connectivity index (χ3v) is 2.63. The Labute approximate surface area is 72.5 Å². The zero-order valence-corrected chi connectivity index (χ0v) is 7.56. The number of aliphatic hydroxyl groups excluding tert-OH is 4. The topological polar surface area (TPSA) is 80.9 Å². The minimum Gasteiger partial charge on any atom is -0.394 e. The van der Waals surface area contributed by atoms with Gasteiger partial charge in [-0.15, -0.1) is 0 Å². The van der Waals surface area contributed by atoms with Crippen molar-refractivity contribution in [3.63, 3.8) is 0 Å². The van der Waals surface area contributed by atoms with Crippen molar-refractivity contribution in [3.05, 3.63) is 0 Å². The first-order valence-electron chi connectivity index (χ1n) is 4.10. The van der Waals surface area contributed by atoms with Gasteiger partial charge >= 0.3 is 0 Å². The highest BCUT2D eigenvalue weighted by Gasteiger charge is 2.37. The molecule has 0 amide bonds. The maximum atomic E-state index is 9.36.